The minimum absolute atomic E-state index is 0. The molecule has 0 bridgehead atoms. The molecule has 10 heteroatoms. The Morgan fingerprint density at radius 2 is 0.625 bits per heavy atom. The fraction of sp³-hybridized carbons (Fsp3) is 0.684. The summed E-state index contributed by atoms with van der Waals surface area (Å²) in [7, 11) is -9.67. The summed E-state index contributed by atoms with van der Waals surface area (Å²) in [4.78, 5) is 0. The summed E-state index contributed by atoms with van der Waals surface area (Å²) in [5.74, 6) is 0. The molecule has 2 aromatic carbocycles. The van der Waals surface area contributed by atoms with Gasteiger partial charge in [0.15, 0.2) is 0 Å². The average molecular weight is 716 g/mol. The van der Waals surface area contributed by atoms with Gasteiger partial charge in [-0.1, -0.05) is 147 Å². The minimum atomic E-state index is -2.79. The molecule has 0 radical (unpaired) electrons. The van der Waals surface area contributed by atoms with Crippen LogP contribution in [0.1, 0.15) is 83.1 Å². The van der Waals surface area contributed by atoms with Crippen molar-refractivity contribution >= 4 is 54.1 Å². The zero-order chi connectivity index (χ0) is 35.8. The Hall–Kier alpha value is -0.935. The molecule has 0 saturated carbocycles. The first-order valence-corrected chi connectivity index (χ1v) is 30.8. The van der Waals surface area contributed by atoms with Gasteiger partial charge in [-0.25, -0.2) is 0 Å². The van der Waals surface area contributed by atoms with E-state index >= 15 is 0 Å². The van der Waals surface area contributed by atoms with E-state index in [-0.39, 0.29) is 40.5 Å². The summed E-state index contributed by atoms with van der Waals surface area (Å²) < 4.78 is 18.9. The fourth-order valence-electron chi connectivity index (χ4n) is 7.90. The van der Waals surface area contributed by atoms with Crippen LogP contribution in [0.3, 0.4) is 0 Å². The normalized spacial score (nSPS) is 18.2. The summed E-state index contributed by atoms with van der Waals surface area (Å²) in [6.07, 6.45) is 0. The van der Waals surface area contributed by atoms with Gasteiger partial charge in [-0.05, 0) is 45.9 Å². The molecule has 0 atom stereocenters. The maximum absolute atomic E-state index is 7.08. The Morgan fingerprint density at radius 1 is 0.438 bits per heavy atom. The van der Waals surface area contributed by atoms with Gasteiger partial charge in [0.1, 0.15) is 16.2 Å². The Kier molecular flexibility index (Phi) is 11.4. The molecule has 5 nitrogen and oxygen atoms in total. The molecule has 2 heterocycles. The van der Waals surface area contributed by atoms with Crippen LogP contribution in [0.25, 0.3) is 4.65 Å². The van der Waals surface area contributed by atoms with Crippen LogP contribution in [0, 0.1) is 21.7 Å². The van der Waals surface area contributed by atoms with E-state index in [1.165, 1.54) is 22.7 Å². The van der Waals surface area contributed by atoms with Gasteiger partial charge in [-0.3, -0.25) is 0 Å². The van der Waals surface area contributed by atoms with Crippen LogP contribution >= 0.6 is 0 Å². The third kappa shape index (κ3) is 7.93. The molecule has 48 heavy (non-hydrogen) atoms. The van der Waals surface area contributed by atoms with E-state index in [1.54, 1.807) is 0 Å². The van der Waals surface area contributed by atoms with Gasteiger partial charge in [0.05, 0.1) is 37.9 Å². The van der Waals surface area contributed by atoms with Crippen molar-refractivity contribution in [2.45, 2.75) is 122 Å². The quantitative estimate of drug-likeness (QED) is 0.260. The van der Waals surface area contributed by atoms with Gasteiger partial charge >= 0.3 is 18.9 Å². The molecule has 2 aromatic rings. The number of rotatable bonds is 8. The van der Waals surface area contributed by atoms with E-state index in [0.29, 0.717) is 0 Å². The maximum Gasteiger partial charge on any atom is 1.00 e. The zero-order valence-corrected chi connectivity index (χ0v) is 38.7. The molecular weight excluding hydrogens is 646 g/mol. The summed E-state index contributed by atoms with van der Waals surface area (Å²) >= 11 is 0. The van der Waals surface area contributed by atoms with Crippen molar-refractivity contribution in [3.63, 3.8) is 0 Å². The molecular formula is C38H70LiN5Si4. The molecule has 0 aromatic heterocycles. The second-order valence-corrected chi connectivity index (χ2v) is 49.1. The first-order chi connectivity index (χ1) is 21.0. The summed E-state index contributed by atoms with van der Waals surface area (Å²) in [5, 5.41) is 0. The van der Waals surface area contributed by atoms with Crippen LogP contribution < -0.4 is 37.1 Å². The van der Waals surface area contributed by atoms with Crippen molar-refractivity contribution in [3.05, 3.63) is 53.2 Å². The first-order valence-electron chi connectivity index (χ1n) is 18.1. The smallest absolute Gasteiger partial charge is 0.601 e. The van der Waals surface area contributed by atoms with Gasteiger partial charge in [0, 0.05) is 26.2 Å². The van der Waals surface area contributed by atoms with Crippen molar-refractivity contribution in [3.8, 4) is 0 Å². The Balaban J connectivity index is 0.00000625. The van der Waals surface area contributed by atoms with Crippen molar-refractivity contribution in [2.24, 2.45) is 21.7 Å². The predicted octanol–water partition coefficient (Wildman–Crippen LogP) is 7.91. The number of para-hydroxylation sites is 4. The number of benzene rings is 2. The Bertz CT molecular complexity index is 1230. The van der Waals surface area contributed by atoms with E-state index in [1.807, 2.05) is 0 Å². The maximum atomic E-state index is 7.08. The second-order valence-electron chi connectivity index (χ2n) is 21.4. The summed E-state index contributed by atoms with van der Waals surface area (Å²) in [6, 6.07) is 18.8. The largest absolute Gasteiger partial charge is 1.00 e. The van der Waals surface area contributed by atoms with Crippen LogP contribution in [-0.4, -0.2) is 57.5 Å². The second kappa shape index (κ2) is 13.2. The SMILES string of the molecule is CC(C)(C)CN1c2ccccc2N(CC(C)(C)C)[Si]1([N-][Si]1([Si](C)(C)C)N(CC(C)(C)C)c2ccccc2N1CC(C)(C)C)[Si](C)(C)C.[Li+]. The molecule has 0 spiro atoms. The van der Waals surface area contributed by atoms with Crippen LogP contribution in [0.2, 0.25) is 39.3 Å². The van der Waals surface area contributed by atoms with Gasteiger partial charge in [-0.2, -0.15) is 0 Å². The van der Waals surface area contributed by atoms with E-state index in [4.69, 9.17) is 4.65 Å². The average Bonchev–Trinajstić information content (AvgIpc) is 3.24. The number of hydrogen-bond donors (Lipinski definition) is 0. The monoisotopic (exact) mass is 715 g/mol. The Labute approximate surface area is 312 Å². The molecule has 0 amide bonds. The van der Waals surface area contributed by atoms with E-state index < -0.39 is 31.3 Å². The van der Waals surface area contributed by atoms with Gasteiger partial charge in [0.2, 0.25) is 0 Å². The summed E-state index contributed by atoms with van der Waals surface area (Å²) in [6.45, 7) is 49.2. The zero-order valence-electron chi connectivity index (χ0n) is 34.7. The van der Waals surface area contributed by atoms with Crippen molar-refractivity contribution in [1.29, 1.82) is 0 Å². The molecule has 264 valence electrons. The molecule has 0 saturated heterocycles. The van der Waals surface area contributed by atoms with E-state index in [2.05, 4.69) is 189 Å². The molecule has 2 aliphatic heterocycles. The fourth-order valence-corrected chi connectivity index (χ4v) is 44.9. The first kappa shape index (κ1) is 41.5. The van der Waals surface area contributed by atoms with Crippen LogP contribution in [0.4, 0.5) is 22.7 Å². The van der Waals surface area contributed by atoms with Gasteiger partial charge in [0.25, 0.3) is 0 Å². The third-order valence-corrected chi connectivity index (χ3v) is 37.7. The van der Waals surface area contributed by atoms with Crippen LogP contribution in [0.5, 0.6) is 0 Å². The summed E-state index contributed by atoms with van der Waals surface area (Å²) in [5.41, 5.74) is 6.19. The molecule has 0 unspecified atom stereocenters. The molecule has 0 fully saturated rings. The number of hydrogen-bond acceptors (Lipinski definition) is 4. The van der Waals surface area contributed by atoms with Gasteiger partial charge < -0.3 is 22.9 Å². The van der Waals surface area contributed by atoms with Crippen molar-refractivity contribution < 1.29 is 18.9 Å². The third-order valence-electron chi connectivity index (χ3n) is 9.29. The molecule has 0 N–H and O–H groups in total. The van der Waals surface area contributed by atoms with E-state index in [0.717, 1.165) is 26.2 Å². The number of anilines is 4. The number of fused-ring (bicyclic) bond motifs is 2. The van der Waals surface area contributed by atoms with Gasteiger partial charge in [-0.15, -0.1) is 0 Å². The standard InChI is InChI=1S/C38H70N5Si4.Li/c1-35(2,3)27-40-31-23-19-20-24-32(31)41(28-36(4,5)6)46(40,44(13,14)15)39-47(45(16,17)18)42(29-37(7,8)9)33-25-21-22-26-34(33)43(47)30-38(10,11)12;/h19-26H,27-30H2,1-18H3;/q-1;+1. The van der Waals surface area contributed by atoms with Crippen molar-refractivity contribution in [2.75, 3.05) is 44.4 Å². The van der Waals surface area contributed by atoms with Crippen LogP contribution in [0.15, 0.2) is 48.5 Å². The van der Waals surface area contributed by atoms with E-state index in [9.17, 15) is 0 Å². The Morgan fingerprint density at radius 3 is 0.771 bits per heavy atom. The van der Waals surface area contributed by atoms with Crippen molar-refractivity contribution in [1.82, 2.24) is 0 Å². The topological polar surface area (TPSA) is 27.1 Å². The molecule has 2 aliphatic rings. The van der Waals surface area contributed by atoms with Crippen LogP contribution in [-0.2, 0) is 0 Å². The number of nitrogens with zero attached hydrogens (tertiary/aromatic N) is 5. The molecule has 0 aliphatic carbocycles. The predicted molar refractivity (Wildman–Crippen MR) is 222 cm³/mol. The molecule has 4 rings (SSSR count). The minimum Gasteiger partial charge on any atom is -0.601 e.